The Balaban J connectivity index is 1.74. The van der Waals surface area contributed by atoms with Gasteiger partial charge in [0.1, 0.15) is 0 Å². The fourth-order valence-corrected chi connectivity index (χ4v) is 2.90. The number of rotatable bonds is 6. The Hall–Kier alpha value is -2.59. The van der Waals surface area contributed by atoms with Gasteiger partial charge in [0.15, 0.2) is 0 Å². The van der Waals surface area contributed by atoms with Crippen LogP contribution in [0.2, 0.25) is 0 Å². The summed E-state index contributed by atoms with van der Waals surface area (Å²) in [4.78, 5) is 14.5. The van der Waals surface area contributed by atoms with Crippen molar-refractivity contribution in [3.63, 3.8) is 0 Å². The molecule has 3 rings (SSSR count). The van der Waals surface area contributed by atoms with Crippen molar-refractivity contribution in [1.82, 2.24) is 10.2 Å². The zero-order chi connectivity index (χ0) is 17.0. The van der Waals surface area contributed by atoms with Crippen LogP contribution >= 0.6 is 0 Å². The van der Waals surface area contributed by atoms with E-state index < -0.39 is 5.54 Å². The van der Waals surface area contributed by atoms with Crippen LogP contribution in [0.1, 0.15) is 18.1 Å². The Morgan fingerprint density at radius 2 is 1.58 bits per heavy atom. The first-order chi connectivity index (χ1) is 11.6. The molecule has 124 valence electrons. The van der Waals surface area contributed by atoms with E-state index in [1.807, 2.05) is 73.7 Å². The van der Waals surface area contributed by atoms with Crippen LogP contribution in [-0.2, 0) is 17.9 Å². The average molecular weight is 322 g/mol. The molecule has 2 aromatic carbocycles. The van der Waals surface area contributed by atoms with Crippen molar-refractivity contribution in [3.05, 3.63) is 83.6 Å². The predicted molar refractivity (Wildman–Crippen MR) is 93.8 cm³/mol. The van der Waals surface area contributed by atoms with Gasteiger partial charge in [-0.3, -0.25) is 4.79 Å². The largest absolute Gasteiger partial charge is 0.394 e. The smallest absolute Gasteiger partial charge is 0.270 e. The van der Waals surface area contributed by atoms with Gasteiger partial charge in [-0.25, -0.2) is 0 Å². The highest BCUT2D eigenvalue weighted by Gasteiger charge is 2.41. The molecule has 0 saturated carbocycles. The van der Waals surface area contributed by atoms with Crippen LogP contribution in [-0.4, -0.2) is 28.1 Å². The van der Waals surface area contributed by atoms with Gasteiger partial charge in [-0.05, 0) is 24.1 Å². The summed E-state index contributed by atoms with van der Waals surface area (Å²) in [6.45, 7) is 2.83. The van der Waals surface area contributed by atoms with Crippen molar-refractivity contribution < 1.29 is 9.90 Å². The molecule has 0 radical (unpaired) electrons. The minimum Gasteiger partial charge on any atom is -0.394 e. The van der Waals surface area contributed by atoms with Gasteiger partial charge < -0.3 is 15.3 Å². The molecule has 1 heterocycles. The third-order valence-corrected chi connectivity index (χ3v) is 4.38. The van der Waals surface area contributed by atoms with Crippen molar-refractivity contribution >= 4 is 5.91 Å². The molecule has 0 spiro atoms. The van der Waals surface area contributed by atoms with E-state index in [2.05, 4.69) is 5.32 Å². The fourth-order valence-electron chi connectivity index (χ4n) is 2.90. The number of carbonyl (C=O) groups is 1. The van der Waals surface area contributed by atoms with Crippen LogP contribution in [0, 0.1) is 0 Å². The zero-order valence-corrected chi connectivity index (χ0v) is 13.8. The molecule has 24 heavy (non-hydrogen) atoms. The molecule has 2 N–H and O–H groups in total. The first-order valence-electron chi connectivity index (χ1n) is 8.10. The number of amides is 1. The molecule has 1 atom stereocenters. The first kappa shape index (κ1) is 16.3. The van der Waals surface area contributed by atoms with E-state index in [-0.39, 0.29) is 12.5 Å². The molecule has 0 aromatic heterocycles. The Labute approximate surface area is 142 Å². The van der Waals surface area contributed by atoms with Crippen LogP contribution in [0.3, 0.4) is 0 Å². The molecular formula is C20H22N2O2. The Morgan fingerprint density at radius 1 is 1.00 bits per heavy atom. The number of hydrogen-bond acceptors (Lipinski definition) is 3. The van der Waals surface area contributed by atoms with Crippen LogP contribution < -0.4 is 5.32 Å². The summed E-state index contributed by atoms with van der Waals surface area (Å²) in [5, 5.41) is 13.0. The van der Waals surface area contributed by atoms with Crippen molar-refractivity contribution in [2.75, 3.05) is 6.61 Å². The van der Waals surface area contributed by atoms with Gasteiger partial charge in [0, 0.05) is 13.1 Å². The van der Waals surface area contributed by atoms with E-state index in [1.54, 1.807) is 4.90 Å². The molecule has 1 aliphatic rings. The van der Waals surface area contributed by atoms with Crippen molar-refractivity contribution in [2.24, 2.45) is 0 Å². The Morgan fingerprint density at radius 3 is 2.17 bits per heavy atom. The van der Waals surface area contributed by atoms with Crippen LogP contribution in [0.15, 0.2) is 72.4 Å². The van der Waals surface area contributed by atoms with Crippen LogP contribution in [0.25, 0.3) is 0 Å². The number of carbonyl (C=O) groups excluding carboxylic acids is 1. The third-order valence-electron chi connectivity index (χ3n) is 4.38. The molecule has 1 amide bonds. The van der Waals surface area contributed by atoms with E-state index >= 15 is 0 Å². The van der Waals surface area contributed by atoms with E-state index in [9.17, 15) is 9.90 Å². The molecule has 4 nitrogen and oxygen atoms in total. The molecule has 0 bridgehead atoms. The fraction of sp³-hybridized carbons (Fsp3) is 0.250. The predicted octanol–water partition coefficient (Wildman–Crippen LogP) is 2.45. The molecule has 1 aliphatic heterocycles. The lowest BCUT2D eigenvalue weighted by atomic mass is 10.0. The van der Waals surface area contributed by atoms with Gasteiger partial charge in [-0.15, -0.1) is 0 Å². The lowest BCUT2D eigenvalue weighted by Crippen LogP contribution is -2.46. The maximum absolute atomic E-state index is 12.8. The van der Waals surface area contributed by atoms with Crippen molar-refractivity contribution in [1.29, 1.82) is 0 Å². The standard InChI is InChI=1S/C20H22N2O2/c1-20(15-23)12-18(21-13-16-8-4-2-5-9-16)19(24)22(20)14-17-10-6-3-7-11-17/h2-12,21,23H,13-15H2,1H3. The van der Waals surface area contributed by atoms with Gasteiger partial charge in [-0.1, -0.05) is 60.7 Å². The number of nitrogens with zero attached hydrogens (tertiary/aromatic N) is 1. The van der Waals surface area contributed by atoms with Crippen molar-refractivity contribution in [3.8, 4) is 0 Å². The Kier molecular flexibility index (Phi) is 4.67. The number of hydrogen-bond donors (Lipinski definition) is 2. The third kappa shape index (κ3) is 3.34. The highest BCUT2D eigenvalue weighted by atomic mass is 16.3. The summed E-state index contributed by atoms with van der Waals surface area (Å²) >= 11 is 0. The second-order valence-electron chi connectivity index (χ2n) is 6.29. The molecular weight excluding hydrogens is 300 g/mol. The summed E-state index contributed by atoms with van der Waals surface area (Å²) in [6.07, 6.45) is 1.83. The van der Waals surface area contributed by atoms with Gasteiger partial charge in [-0.2, -0.15) is 0 Å². The zero-order valence-electron chi connectivity index (χ0n) is 13.8. The van der Waals surface area contributed by atoms with E-state index in [1.165, 1.54) is 0 Å². The highest BCUT2D eigenvalue weighted by molar-refractivity contribution is 5.96. The van der Waals surface area contributed by atoms with Gasteiger partial charge in [0.05, 0.1) is 17.8 Å². The summed E-state index contributed by atoms with van der Waals surface area (Å²) in [6, 6.07) is 19.8. The molecule has 0 aliphatic carbocycles. The lowest BCUT2D eigenvalue weighted by Gasteiger charge is -2.33. The number of aliphatic hydroxyl groups excluding tert-OH is 1. The summed E-state index contributed by atoms with van der Waals surface area (Å²) in [7, 11) is 0. The quantitative estimate of drug-likeness (QED) is 0.859. The first-order valence-corrected chi connectivity index (χ1v) is 8.10. The van der Waals surface area contributed by atoms with Gasteiger partial charge in [0.2, 0.25) is 0 Å². The summed E-state index contributed by atoms with van der Waals surface area (Å²) in [5.41, 5.74) is 2.01. The van der Waals surface area contributed by atoms with E-state index in [0.29, 0.717) is 18.8 Å². The summed E-state index contributed by atoms with van der Waals surface area (Å²) in [5.74, 6) is -0.0775. The normalized spacial score (nSPS) is 20.2. The molecule has 4 heteroatoms. The molecule has 0 fully saturated rings. The van der Waals surface area contributed by atoms with Gasteiger partial charge in [0.25, 0.3) is 5.91 Å². The van der Waals surface area contributed by atoms with Crippen molar-refractivity contribution in [2.45, 2.75) is 25.6 Å². The minimum atomic E-state index is -0.689. The number of nitrogens with one attached hydrogen (secondary N) is 1. The average Bonchev–Trinajstić information content (AvgIpc) is 2.87. The maximum Gasteiger partial charge on any atom is 0.270 e. The summed E-state index contributed by atoms with van der Waals surface area (Å²) < 4.78 is 0. The second kappa shape index (κ2) is 6.89. The highest BCUT2D eigenvalue weighted by Crippen LogP contribution is 2.29. The molecule has 1 unspecified atom stereocenters. The second-order valence-corrected chi connectivity index (χ2v) is 6.29. The SMILES string of the molecule is CC1(CO)C=C(NCc2ccccc2)C(=O)N1Cc1ccccc1. The lowest BCUT2D eigenvalue weighted by molar-refractivity contribution is -0.131. The molecule has 0 saturated heterocycles. The monoisotopic (exact) mass is 322 g/mol. The number of benzene rings is 2. The Bertz CT molecular complexity index is 728. The van der Waals surface area contributed by atoms with Crippen LogP contribution in [0.4, 0.5) is 0 Å². The topological polar surface area (TPSA) is 52.6 Å². The number of aliphatic hydroxyl groups is 1. The van der Waals surface area contributed by atoms with E-state index in [4.69, 9.17) is 0 Å². The maximum atomic E-state index is 12.8. The minimum absolute atomic E-state index is 0.0775. The van der Waals surface area contributed by atoms with Crippen LogP contribution in [0.5, 0.6) is 0 Å². The molecule has 2 aromatic rings. The van der Waals surface area contributed by atoms with E-state index in [0.717, 1.165) is 11.1 Å². The van der Waals surface area contributed by atoms with Gasteiger partial charge >= 0.3 is 0 Å².